The van der Waals surface area contributed by atoms with E-state index >= 15 is 4.39 Å². The van der Waals surface area contributed by atoms with Crippen molar-refractivity contribution in [2.24, 2.45) is 0 Å². The van der Waals surface area contributed by atoms with Crippen molar-refractivity contribution in [1.82, 2.24) is 0 Å². The predicted molar refractivity (Wildman–Crippen MR) is 144 cm³/mol. The second kappa shape index (κ2) is 13.5. The number of esters is 1. The molecule has 3 unspecified atom stereocenters. The number of hydrogen-bond acceptors (Lipinski definition) is 6. The first-order valence-corrected chi connectivity index (χ1v) is 13.5. The molecule has 0 saturated carbocycles. The summed E-state index contributed by atoms with van der Waals surface area (Å²) in [5, 5.41) is 0. The molecule has 0 amide bonds. The summed E-state index contributed by atoms with van der Waals surface area (Å²) in [5.41, 5.74) is 1.33. The van der Waals surface area contributed by atoms with E-state index in [1.165, 1.54) is 6.08 Å². The minimum atomic E-state index is -1.23. The molecule has 0 bridgehead atoms. The Balaban J connectivity index is 1.71. The van der Waals surface area contributed by atoms with Crippen LogP contribution < -0.4 is 4.74 Å². The Kier molecular flexibility index (Phi) is 10.7. The number of methoxy groups -OCH3 is 1. The predicted octanol–water partition coefficient (Wildman–Crippen LogP) is 6.41. The van der Waals surface area contributed by atoms with E-state index < -0.39 is 35.9 Å². The van der Waals surface area contributed by atoms with Crippen molar-refractivity contribution in [3.8, 4) is 5.75 Å². The van der Waals surface area contributed by atoms with Crippen LogP contribution in [0.1, 0.15) is 49.5 Å². The van der Waals surface area contributed by atoms with Crippen LogP contribution in [0.15, 0.2) is 66.5 Å². The molecule has 8 heteroatoms. The van der Waals surface area contributed by atoms with Gasteiger partial charge in [-0.15, -0.1) is 0 Å². The van der Waals surface area contributed by atoms with Crippen molar-refractivity contribution < 1.29 is 32.9 Å². The number of carbonyl (C=O) groups excluding carboxylic acids is 1. The molecule has 1 fully saturated rings. The van der Waals surface area contributed by atoms with E-state index in [2.05, 4.69) is 22.6 Å². The maximum atomic E-state index is 15.6. The minimum Gasteiger partial charge on any atom is -0.497 e. The van der Waals surface area contributed by atoms with Crippen molar-refractivity contribution in [1.29, 1.82) is 0 Å². The second-order valence-electron chi connectivity index (χ2n) is 9.10. The molecule has 3 rings (SSSR count). The zero-order valence-electron chi connectivity index (χ0n) is 21.1. The van der Waals surface area contributed by atoms with E-state index in [0.717, 1.165) is 15.7 Å². The van der Waals surface area contributed by atoms with Gasteiger partial charge in [-0.2, -0.15) is 0 Å². The average molecular weight is 612 g/mol. The smallest absolute Gasteiger partial charge is 0.338 e. The first-order chi connectivity index (χ1) is 17.2. The monoisotopic (exact) mass is 612 g/mol. The molecule has 2 aromatic carbocycles. The Hall–Kier alpha value is -2.01. The minimum absolute atomic E-state index is 0.259. The summed E-state index contributed by atoms with van der Waals surface area (Å²) < 4.78 is 45.2. The van der Waals surface area contributed by atoms with Gasteiger partial charge in [0, 0.05) is 4.43 Å². The molecule has 0 spiro atoms. The van der Waals surface area contributed by atoms with Gasteiger partial charge in [0.2, 0.25) is 0 Å². The van der Waals surface area contributed by atoms with Crippen LogP contribution in [0.3, 0.4) is 0 Å². The van der Waals surface area contributed by atoms with E-state index in [0.29, 0.717) is 25.0 Å². The van der Waals surface area contributed by atoms with E-state index in [-0.39, 0.29) is 6.10 Å². The lowest BCUT2D eigenvalue weighted by molar-refractivity contribution is -0.154. The van der Waals surface area contributed by atoms with Crippen molar-refractivity contribution in [3.63, 3.8) is 0 Å². The molecule has 1 saturated heterocycles. The summed E-state index contributed by atoms with van der Waals surface area (Å²) in [6, 6.07) is 16.1. The maximum absolute atomic E-state index is 15.6. The van der Waals surface area contributed by atoms with Gasteiger partial charge >= 0.3 is 5.97 Å². The topological polar surface area (TPSA) is 63.2 Å². The quantitative estimate of drug-likeness (QED) is 0.157. The Labute approximate surface area is 226 Å². The number of rotatable bonds is 12. The third-order valence-corrected chi connectivity index (χ3v) is 6.39. The molecule has 36 heavy (non-hydrogen) atoms. The van der Waals surface area contributed by atoms with Crippen LogP contribution in [-0.2, 0) is 25.6 Å². The lowest BCUT2D eigenvalue weighted by atomic mass is 10.0. The number of hydrogen-bond donors (Lipinski definition) is 0. The highest BCUT2D eigenvalue weighted by molar-refractivity contribution is 14.1. The van der Waals surface area contributed by atoms with Gasteiger partial charge in [0.05, 0.1) is 31.5 Å². The molecule has 0 aromatic heterocycles. The van der Waals surface area contributed by atoms with Crippen LogP contribution in [0.2, 0.25) is 0 Å². The van der Waals surface area contributed by atoms with Gasteiger partial charge in [0.1, 0.15) is 17.7 Å². The summed E-state index contributed by atoms with van der Waals surface area (Å²) in [6.45, 7) is 5.81. The Morgan fingerprint density at radius 3 is 2.47 bits per heavy atom. The number of alkyl halides is 1. The highest BCUT2D eigenvalue weighted by Crippen LogP contribution is 2.36. The van der Waals surface area contributed by atoms with Gasteiger partial charge in [0.25, 0.3) is 0 Å². The van der Waals surface area contributed by atoms with Crippen molar-refractivity contribution in [2.75, 3.05) is 11.5 Å². The summed E-state index contributed by atoms with van der Waals surface area (Å²) in [4.78, 5) is 12.8. The zero-order valence-corrected chi connectivity index (χ0v) is 23.3. The van der Waals surface area contributed by atoms with Gasteiger partial charge in [0.15, 0.2) is 11.9 Å². The molecule has 1 heterocycles. The van der Waals surface area contributed by atoms with Crippen LogP contribution in [0.25, 0.3) is 0 Å². The lowest BCUT2D eigenvalue weighted by Gasteiger charge is -2.26. The van der Waals surface area contributed by atoms with E-state index in [1.54, 1.807) is 51.3 Å². The van der Waals surface area contributed by atoms with Gasteiger partial charge in [-0.25, -0.2) is 9.18 Å². The van der Waals surface area contributed by atoms with Gasteiger partial charge in [-0.3, -0.25) is 0 Å². The highest BCUT2D eigenvalue weighted by Gasteiger charge is 2.47. The normalized spacial score (nSPS) is 21.1. The van der Waals surface area contributed by atoms with Crippen molar-refractivity contribution in [3.05, 3.63) is 77.6 Å². The fraction of sp³-hybridized carbons (Fsp3) is 0.464. The SMILES string of the molecule is COc1ccc(CO[C@H](C)CC=C(F)C(OC(=O)c2ccccc2)C2OC(C)(C)OC2CCI)cc1. The number of ether oxygens (including phenoxy) is 5. The third kappa shape index (κ3) is 8.26. The number of benzene rings is 2. The van der Waals surface area contributed by atoms with Gasteiger partial charge in [-0.05, 0) is 69.5 Å². The zero-order chi connectivity index (χ0) is 26.1. The lowest BCUT2D eigenvalue weighted by Crippen LogP contribution is -2.39. The summed E-state index contributed by atoms with van der Waals surface area (Å²) in [7, 11) is 1.62. The summed E-state index contributed by atoms with van der Waals surface area (Å²) in [6.07, 6.45) is -0.315. The fourth-order valence-electron chi connectivity index (χ4n) is 3.91. The second-order valence-corrected chi connectivity index (χ2v) is 10.2. The van der Waals surface area contributed by atoms with E-state index in [4.69, 9.17) is 23.7 Å². The summed E-state index contributed by atoms with van der Waals surface area (Å²) >= 11 is 2.24. The van der Waals surface area contributed by atoms with Crippen LogP contribution in [-0.4, -0.2) is 47.7 Å². The van der Waals surface area contributed by atoms with Crippen LogP contribution in [0.4, 0.5) is 4.39 Å². The van der Waals surface area contributed by atoms with Crippen LogP contribution in [0, 0.1) is 0 Å². The molecule has 6 nitrogen and oxygen atoms in total. The molecular weight excluding hydrogens is 578 g/mol. The largest absolute Gasteiger partial charge is 0.497 e. The fourth-order valence-corrected chi connectivity index (χ4v) is 4.53. The Morgan fingerprint density at radius 1 is 1.14 bits per heavy atom. The van der Waals surface area contributed by atoms with Crippen LogP contribution >= 0.6 is 22.6 Å². The van der Waals surface area contributed by atoms with Crippen molar-refractivity contribution >= 4 is 28.6 Å². The van der Waals surface area contributed by atoms with Crippen molar-refractivity contribution in [2.45, 2.75) is 70.4 Å². The molecule has 2 aromatic rings. The number of halogens is 2. The standard InChI is InChI=1S/C28H34FIO6/c1-19(33-18-20-11-13-22(32-4)14-12-20)10-15-23(29)25(34-27(31)21-8-6-5-7-9-21)26-24(16-17-30)35-28(2,3)36-26/h5-9,11-15,19,24-26H,10,16-18H2,1-4H3/t19-,24?,25?,26?/m1/s1. The molecule has 196 valence electrons. The molecule has 0 N–H and O–H groups in total. The summed E-state index contributed by atoms with van der Waals surface area (Å²) in [5.74, 6) is -1.33. The molecular formula is C28H34FIO6. The molecule has 4 atom stereocenters. The van der Waals surface area contributed by atoms with E-state index in [1.807, 2.05) is 31.2 Å². The Bertz CT molecular complexity index is 995. The molecule has 1 aliphatic rings. The van der Waals surface area contributed by atoms with Crippen LogP contribution in [0.5, 0.6) is 5.75 Å². The first kappa shape index (κ1) is 28.6. The highest BCUT2D eigenvalue weighted by atomic mass is 127. The molecule has 0 radical (unpaired) electrons. The average Bonchev–Trinajstić information content (AvgIpc) is 3.18. The maximum Gasteiger partial charge on any atom is 0.338 e. The number of carbonyl (C=O) groups is 1. The van der Waals surface area contributed by atoms with E-state index in [9.17, 15) is 4.79 Å². The molecule has 1 aliphatic heterocycles. The van der Waals surface area contributed by atoms with Gasteiger partial charge in [-0.1, -0.05) is 52.9 Å². The first-order valence-electron chi connectivity index (χ1n) is 12.0. The molecule has 0 aliphatic carbocycles. The Morgan fingerprint density at radius 2 is 1.83 bits per heavy atom. The van der Waals surface area contributed by atoms with Gasteiger partial charge < -0.3 is 23.7 Å². The third-order valence-electron chi connectivity index (χ3n) is 5.77.